The van der Waals surface area contributed by atoms with Gasteiger partial charge in [-0.2, -0.15) is 0 Å². The van der Waals surface area contributed by atoms with Crippen LogP contribution < -0.4 is 14.8 Å². The van der Waals surface area contributed by atoms with Gasteiger partial charge < -0.3 is 19.9 Å². The lowest BCUT2D eigenvalue weighted by molar-refractivity contribution is 0.352. The van der Waals surface area contributed by atoms with E-state index in [0.717, 1.165) is 35.2 Å². The van der Waals surface area contributed by atoms with Crippen molar-refractivity contribution < 1.29 is 14.6 Å². The summed E-state index contributed by atoms with van der Waals surface area (Å²) in [7, 11) is 3.27. The Morgan fingerprint density at radius 2 is 1.88 bits per heavy atom. The summed E-state index contributed by atoms with van der Waals surface area (Å²) >= 11 is 0. The Hall–Kier alpha value is -2.79. The van der Waals surface area contributed by atoms with Gasteiger partial charge in [-0.05, 0) is 35.7 Å². The number of nitrogens with one attached hydrogen (secondary N) is 1. The lowest BCUT2D eigenvalue weighted by atomic mass is 9.88. The summed E-state index contributed by atoms with van der Waals surface area (Å²) in [5.74, 6) is 1.64. The SMILES string of the molecule is COc1cc2c(cc1OC)C(c1ccc3cccnc3c1O)NCC2. The highest BCUT2D eigenvalue weighted by atomic mass is 16.5. The molecule has 0 radical (unpaired) electrons. The molecule has 2 N–H and O–H groups in total. The van der Waals surface area contributed by atoms with E-state index in [1.54, 1.807) is 20.4 Å². The number of methoxy groups -OCH3 is 2. The van der Waals surface area contributed by atoms with Crippen LogP contribution in [0.5, 0.6) is 17.2 Å². The van der Waals surface area contributed by atoms with Gasteiger partial charge in [0, 0.05) is 23.7 Å². The van der Waals surface area contributed by atoms with Gasteiger partial charge in [0.15, 0.2) is 11.5 Å². The van der Waals surface area contributed by atoms with Crippen LogP contribution >= 0.6 is 0 Å². The second-order valence-electron chi connectivity index (χ2n) is 6.12. The van der Waals surface area contributed by atoms with Crippen LogP contribution in [0.2, 0.25) is 0 Å². The average molecular weight is 336 g/mol. The van der Waals surface area contributed by atoms with Gasteiger partial charge >= 0.3 is 0 Å². The van der Waals surface area contributed by atoms with E-state index in [1.165, 1.54) is 5.56 Å². The third-order valence-corrected chi connectivity index (χ3v) is 4.79. The number of pyridine rings is 1. The van der Waals surface area contributed by atoms with Gasteiger partial charge in [-0.1, -0.05) is 18.2 Å². The molecule has 5 nitrogen and oxygen atoms in total. The summed E-state index contributed by atoms with van der Waals surface area (Å²) in [6, 6.07) is 11.7. The lowest BCUT2D eigenvalue weighted by Gasteiger charge is -2.29. The zero-order valence-electron chi connectivity index (χ0n) is 14.2. The molecule has 1 aromatic heterocycles. The number of ether oxygens (including phenoxy) is 2. The van der Waals surface area contributed by atoms with Gasteiger partial charge in [0.05, 0.1) is 20.3 Å². The van der Waals surface area contributed by atoms with Crippen LogP contribution in [0.25, 0.3) is 10.9 Å². The molecule has 1 aliphatic heterocycles. The Morgan fingerprint density at radius 1 is 1.08 bits per heavy atom. The van der Waals surface area contributed by atoms with Crippen molar-refractivity contribution in [3.05, 3.63) is 59.3 Å². The Bertz CT molecular complexity index is 940. The van der Waals surface area contributed by atoms with E-state index in [9.17, 15) is 5.11 Å². The first-order valence-electron chi connectivity index (χ1n) is 8.27. The molecule has 0 saturated heterocycles. The number of hydrogen-bond donors (Lipinski definition) is 2. The van der Waals surface area contributed by atoms with E-state index in [0.29, 0.717) is 11.3 Å². The number of phenolic OH excluding ortho intramolecular Hbond substituents is 1. The van der Waals surface area contributed by atoms with Gasteiger partial charge in [-0.25, -0.2) is 0 Å². The smallest absolute Gasteiger partial charge is 0.161 e. The molecular formula is C20H20N2O3. The Labute approximate surface area is 146 Å². The van der Waals surface area contributed by atoms with E-state index in [4.69, 9.17) is 9.47 Å². The third kappa shape index (κ3) is 2.57. The first kappa shape index (κ1) is 15.7. The molecule has 0 aliphatic carbocycles. The van der Waals surface area contributed by atoms with Gasteiger partial charge in [-0.3, -0.25) is 4.98 Å². The van der Waals surface area contributed by atoms with Gasteiger partial charge in [0.25, 0.3) is 0 Å². The summed E-state index contributed by atoms with van der Waals surface area (Å²) in [5.41, 5.74) is 3.73. The van der Waals surface area contributed by atoms with Crippen LogP contribution in [0.3, 0.4) is 0 Å². The topological polar surface area (TPSA) is 63.6 Å². The van der Waals surface area contributed by atoms with Crippen LogP contribution in [0.4, 0.5) is 0 Å². The van der Waals surface area contributed by atoms with Crippen molar-refractivity contribution in [3.8, 4) is 17.2 Å². The van der Waals surface area contributed by atoms with Crippen molar-refractivity contribution in [2.75, 3.05) is 20.8 Å². The van der Waals surface area contributed by atoms with Crippen LogP contribution in [0, 0.1) is 0 Å². The average Bonchev–Trinajstić information content (AvgIpc) is 2.67. The summed E-state index contributed by atoms with van der Waals surface area (Å²) in [4.78, 5) is 4.33. The van der Waals surface area contributed by atoms with Crippen molar-refractivity contribution in [2.45, 2.75) is 12.5 Å². The zero-order valence-corrected chi connectivity index (χ0v) is 14.2. The molecule has 1 unspecified atom stereocenters. The Kier molecular flexibility index (Phi) is 3.93. The maximum absolute atomic E-state index is 10.8. The fraction of sp³-hybridized carbons (Fsp3) is 0.250. The summed E-state index contributed by atoms with van der Waals surface area (Å²) in [5, 5.41) is 15.2. The monoisotopic (exact) mass is 336 g/mol. The predicted molar refractivity (Wildman–Crippen MR) is 96.5 cm³/mol. The van der Waals surface area contributed by atoms with Gasteiger partial charge in [0.2, 0.25) is 0 Å². The minimum Gasteiger partial charge on any atom is -0.505 e. The van der Waals surface area contributed by atoms with Crippen LogP contribution in [0.1, 0.15) is 22.7 Å². The number of rotatable bonds is 3. The minimum absolute atomic E-state index is 0.116. The second-order valence-corrected chi connectivity index (χ2v) is 6.12. The standard InChI is InChI=1S/C20H20N2O3/c1-24-16-10-13-7-9-22-19(15(13)11-17(16)25-2)14-6-5-12-4-3-8-21-18(12)20(14)23/h3-6,8,10-11,19,22-23H,7,9H2,1-2H3. The molecule has 128 valence electrons. The zero-order chi connectivity index (χ0) is 17.4. The van der Waals surface area contributed by atoms with E-state index in [2.05, 4.69) is 10.3 Å². The van der Waals surface area contributed by atoms with Crippen molar-refractivity contribution in [2.24, 2.45) is 0 Å². The lowest BCUT2D eigenvalue weighted by Crippen LogP contribution is -2.30. The molecule has 2 heterocycles. The quantitative estimate of drug-likeness (QED) is 0.769. The molecule has 0 fully saturated rings. The molecule has 4 rings (SSSR count). The van der Waals surface area contributed by atoms with Crippen LogP contribution in [-0.4, -0.2) is 30.9 Å². The van der Waals surface area contributed by atoms with E-state index in [-0.39, 0.29) is 11.8 Å². The van der Waals surface area contributed by atoms with E-state index < -0.39 is 0 Å². The molecule has 2 aromatic carbocycles. The van der Waals surface area contributed by atoms with Crippen LogP contribution in [-0.2, 0) is 6.42 Å². The summed E-state index contributed by atoms with van der Waals surface area (Å²) in [6.45, 7) is 0.826. The number of nitrogens with zero attached hydrogens (tertiary/aromatic N) is 1. The number of aromatic nitrogens is 1. The number of hydrogen-bond acceptors (Lipinski definition) is 5. The highest BCUT2D eigenvalue weighted by Gasteiger charge is 2.26. The fourth-order valence-corrected chi connectivity index (χ4v) is 3.54. The predicted octanol–water partition coefficient (Wildman–Crippen LogP) is 3.19. The molecule has 1 aliphatic rings. The second kappa shape index (κ2) is 6.26. The first-order chi connectivity index (χ1) is 12.2. The van der Waals surface area contributed by atoms with Crippen molar-refractivity contribution >= 4 is 10.9 Å². The minimum atomic E-state index is -0.116. The summed E-state index contributed by atoms with van der Waals surface area (Å²) < 4.78 is 10.9. The number of aromatic hydroxyl groups is 1. The normalized spacial score (nSPS) is 16.5. The largest absolute Gasteiger partial charge is 0.505 e. The molecule has 0 saturated carbocycles. The number of phenols is 1. The molecule has 3 aromatic rings. The molecule has 1 atom stereocenters. The Morgan fingerprint density at radius 3 is 2.68 bits per heavy atom. The molecule has 5 heteroatoms. The van der Waals surface area contributed by atoms with Crippen molar-refractivity contribution in [1.29, 1.82) is 0 Å². The van der Waals surface area contributed by atoms with Crippen molar-refractivity contribution in [3.63, 3.8) is 0 Å². The molecule has 25 heavy (non-hydrogen) atoms. The maximum atomic E-state index is 10.8. The number of fused-ring (bicyclic) bond motifs is 2. The fourth-order valence-electron chi connectivity index (χ4n) is 3.54. The summed E-state index contributed by atoms with van der Waals surface area (Å²) in [6.07, 6.45) is 2.60. The highest BCUT2D eigenvalue weighted by molar-refractivity contribution is 5.85. The van der Waals surface area contributed by atoms with Crippen molar-refractivity contribution in [1.82, 2.24) is 10.3 Å². The molecular weight excluding hydrogens is 316 g/mol. The molecule has 0 bridgehead atoms. The van der Waals surface area contributed by atoms with E-state index in [1.807, 2.05) is 36.4 Å². The van der Waals surface area contributed by atoms with Gasteiger partial charge in [-0.15, -0.1) is 0 Å². The van der Waals surface area contributed by atoms with E-state index >= 15 is 0 Å². The maximum Gasteiger partial charge on any atom is 0.161 e. The number of benzene rings is 2. The first-order valence-corrected chi connectivity index (χ1v) is 8.27. The molecule has 0 amide bonds. The Balaban J connectivity index is 1.87. The third-order valence-electron chi connectivity index (χ3n) is 4.79. The molecule has 0 spiro atoms. The van der Waals surface area contributed by atoms with Crippen LogP contribution in [0.15, 0.2) is 42.6 Å². The highest BCUT2D eigenvalue weighted by Crippen LogP contribution is 2.40. The van der Waals surface area contributed by atoms with Gasteiger partial charge in [0.1, 0.15) is 11.3 Å².